The molecular weight excluding hydrogens is 456 g/mol. The Bertz CT molecular complexity index is 1030. The number of amides is 2. The van der Waals surface area contributed by atoms with Crippen LogP contribution in [0.1, 0.15) is 69.0 Å². The molecule has 2 aliphatic rings. The molecular formula is C29H38N2O5. The van der Waals surface area contributed by atoms with E-state index in [9.17, 15) is 9.59 Å². The van der Waals surface area contributed by atoms with Gasteiger partial charge in [-0.2, -0.15) is 0 Å². The average molecular weight is 495 g/mol. The fourth-order valence-electron chi connectivity index (χ4n) is 5.24. The summed E-state index contributed by atoms with van der Waals surface area (Å²) >= 11 is 0. The van der Waals surface area contributed by atoms with Gasteiger partial charge in [0.25, 0.3) is 5.91 Å². The van der Waals surface area contributed by atoms with E-state index in [-0.39, 0.29) is 24.4 Å². The molecule has 2 fully saturated rings. The summed E-state index contributed by atoms with van der Waals surface area (Å²) in [6.45, 7) is 3.10. The lowest BCUT2D eigenvalue weighted by Gasteiger charge is -2.43. The van der Waals surface area contributed by atoms with Crippen LogP contribution in [0.5, 0.6) is 17.2 Å². The molecule has 2 aromatic carbocycles. The van der Waals surface area contributed by atoms with E-state index in [0.29, 0.717) is 24.7 Å². The van der Waals surface area contributed by atoms with Gasteiger partial charge in [-0.15, -0.1) is 0 Å². The smallest absolute Gasteiger partial charge is 0.250 e. The van der Waals surface area contributed by atoms with E-state index >= 15 is 0 Å². The van der Waals surface area contributed by atoms with Crippen LogP contribution in [-0.4, -0.2) is 55.0 Å². The molecule has 1 saturated carbocycles. The lowest BCUT2D eigenvalue weighted by Crippen LogP contribution is -2.57. The minimum absolute atomic E-state index is 0.0145. The fourth-order valence-corrected chi connectivity index (χ4v) is 5.24. The molecule has 36 heavy (non-hydrogen) atoms. The van der Waals surface area contributed by atoms with Crippen molar-refractivity contribution in [2.45, 2.75) is 70.5 Å². The number of ether oxygens (including phenoxy) is 3. The number of carbonyl (C=O) groups excluding carboxylic acids is 2. The number of methoxy groups -OCH3 is 2. The Morgan fingerprint density at radius 2 is 1.61 bits per heavy atom. The van der Waals surface area contributed by atoms with E-state index in [1.54, 1.807) is 19.1 Å². The number of carbonyl (C=O) groups is 2. The number of nitrogens with zero attached hydrogens (tertiary/aromatic N) is 2. The summed E-state index contributed by atoms with van der Waals surface area (Å²) in [5, 5.41) is 0. The molecule has 7 heteroatoms. The zero-order chi connectivity index (χ0) is 25.5. The van der Waals surface area contributed by atoms with Crippen molar-refractivity contribution < 1.29 is 23.8 Å². The standard InChI is InChI=1S/C29H38N2O5/c1-4-17-36-25-16-13-22(18-26(25)35-3)28-29(33)30(23-9-7-5-6-8-10-23)20-27(32)31(28)19-21-11-14-24(34-2)15-12-21/h11-16,18,23,28H,4-10,17,19-20H2,1-3H3/t28-/m1/s1. The van der Waals surface area contributed by atoms with Crippen molar-refractivity contribution in [1.82, 2.24) is 9.80 Å². The summed E-state index contributed by atoms with van der Waals surface area (Å²) in [6.07, 6.45) is 7.37. The quantitative estimate of drug-likeness (QED) is 0.452. The van der Waals surface area contributed by atoms with Crippen LogP contribution in [0.2, 0.25) is 0 Å². The molecule has 1 aliphatic heterocycles. The number of piperazine rings is 1. The number of hydrogen-bond acceptors (Lipinski definition) is 5. The van der Waals surface area contributed by atoms with Gasteiger partial charge in [0.1, 0.15) is 18.3 Å². The zero-order valence-corrected chi connectivity index (χ0v) is 21.7. The Morgan fingerprint density at radius 1 is 0.889 bits per heavy atom. The minimum Gasteiger partial charge on any atom is -0.497 e. The van der Waals surface area contributed by atoms with Crippen LogP contribution in [-0.2, 0) is 16.1 Å². The van der Waals surface area contributed by atoms with Gasteiger partial charge >= 0.3 is 0 Å². The van der Waals surface area contributed by atoms with Crippen LogP contribution < -0.4 is 14.2 Å². The predicted octanol–water partition coefficient (Wildman–Crippen LogP) is 5.13. The molecule has 7 nitrogen and oxygen atoms in total. The van der Waals surface area contributed by atoms with Gasteiger partial charge < -0.3 is 24.0 Å². The van der Waals surface area contributed by atoms with E-state index in [0.717, 1.165) is 49.0 Å². The Balaban J connectivity index is 1.69. The van der Waals surface area contributed by atoms with Crippen molar-refractivity contribution in [3.8, 4) is 17.2 Å². The topological polar surface area (TPSA) is 68.3 Å². The van der Waals surface area contributed by atoms with Crippen LogP contribution in [0.4, 0.5) is 0 Å². The molecule has 0 radical (unpaired) electrons. The van der Waals surface area contributed by atoms with Gasteiger partial charge in [0.2, 0.25) is 5.91 Å². The molecule has 1 aliphatic carbocycles. The van der Waals surface area contributed by atoms with Crippen molar-refractivity contribution >= 4 is 11.8 Å². The molecule has 2 aromatic rings. The monoisotopic (exact) mass is 494 g/mol. The molecule has 0 spiro atoms. The number of rotatable bonds is 9. The minimum atomic E-state index is -0.717. The fraction of sp³-hybridized carbons (Fsp3) is 0.517. The van der Waals surface area contributed by atoms with Gasteiger partial charge in [-0.25, -0.2) is 0 Å². The number of hydrogen-bond donors (Lipinski definition) is 0. The molecule has 0 unspecified atom stereocenters. The van der Waals surface area contributed by atoms with Crippen molar-refractivity contribution in [2.24, 2.45) is 0 Å². The molecule has 0 bridgehead atoms. The first-order valence-corrected chi connectivity index (χ1v) is 13.1. The second-order valence-electron chi connectivity index (χ2n) is 9.64. The summed E-state index contributed by atoms with van der Waals surface area (Å²) in [7, 11) is 3.22. The molecule has 0 aromatic heterocycles. The normalized spacial score (nSPS) is 19.2. The summed E-state index contributed by atoms with van der Waals surface area (Å²) in [6, 6.07) is 12.6. The molecule has 0 N–H and O–H groups in total. The third-order valence-electron chi connectivity index (χ3n) is 7.20. The van der Waals surface area contributed by atoms with E-state index in [2.05, 4.69) is 0 Å². The van der Waals surface area contributed by atoms with Gasteiger partial charge in [0.05, 0.1) is 20.8 Å². The summed E-state index contributed by atoms with van der Waals surface area (Å²) in [5.41, 5.74) is 1.68. The van der Waals surface area contributed by atoms with Gasteiger partial charge in [0.15, 0.2) is 11.5 Å². The maximum absolute atomic E-state index is 14.1. The summed E-state index contributed by atoms with van der Waals surface area (Å²) < 4.78 is 16.7. The molecule has 1 atom stereocenters. The molecule has 1 saturated heterocycles. The lowest BCUT2D eigenvalue weighted by molar-refractivity contribution is -0.159. The van der Waals surface area contributed by atoms with Crippen molar-refractivity contribution in [3.05, 3.63) is 53.6 Å². The first kappa shape index (κ1) is 25.9. The summed E-state index contributed by atoms with van der Waals surface area (Å²) in [4.78, 5) is 31.2. The molecule has 2 amide bonds. The second kappa shape index (κ2) is 12.2. The Morgan fingerprint density at radius 3 is 2.25 bits per heavy atom. The third kappa shape index (κ3) is 5.77. The zero-order valence-electron chi connectivity index (χ0n) is 21.7. The van der Waals surface area contributed by atoms with Crippen molar-refractivity contribution in [2.75, 3.05) is 27.4 Å². The average Bonchev–Trinajstić information content (AvgIpc) is 3.19. The van der Waals surface area contributed by atoms with E-state index < -0.39 is 6.04 Å². The molecule has 194 valence electrons. The molecule has 4 rings (SSSR count). The van der Waals surface area contributed by atoms with Crippen LogP contribution in [0.15, 0.2) is 42.5 Å². The van der Waals surface area contributed by atoms with Gasteiger partial charge in [-0.1, -0.05) is 50.8 Å². The van der Waals surface area contributed by atoms with Crippen molar-refractivity contribution in [3.63, 3.8) is 0 Å². The highest BCUT2D eigenvalue weighted by Crippen LogP contribution is 2.37. The van der Waals surface area contributed by atoms with Crippen LogP contribution in [0, 0.1) is 0 Å². The summed E-state index contributed by atoms with van der Waals surface area (Å²) in [5.74, 6) is 1.91. The molecule has 1 heterocycles. The first-order chi connectivity index (χ1) is 17.5. The van der Waals surface area contributed by atoms with E-state index in [4.69, 9.17) is 14.2 Å². The van der Waals surface area contributed by atoms with E-state index in [1.807, 2.05) is 54.3 Å². The Labute approximate surface area is 214 Å². The first-order valence-electron chi connectivity index (χ1n) is 13.1. The van der Waals surface area contributed by atoms with Gasteiger partial charge in [-0.05, 0) is 54.7 Å². The van der Waals surface area contributed by atoms with Crippen molar-refractivity contribution in [1.29, 1.82) is 0 Å². The third-order valence-corrected chi connectivity index (χ3v) is 7.20. The maximum Gasteiger partial charge on any atom is 0.250 e. The predicted molar refractivity (Wildman–Crippen MR) is 138 cm³/mol. The van der Waals surface area contributed by atoms with E-state index in [1.165, 1.54) is 12.8 Å². The Hall–Kier alpha value is -3.22. The van der Waals surface area contributed by atoms with Gasteiger partial charge in [0, 0.05) is 12.6 Å². The highest BCUT2D eigenvalue weighted by Gasteiger charge is 2.43. The van der Waals surface area contributed by atoms with Crippen LogP contribution in [0.3, 0.4) is 0 Å². The maximum atomic E-state index is 14.1. The highest BCUT2D eigenvalue weighted by atomic mass is 16.5. The largest absolute Gasteiger partial charge is 0.497 e. The van der Waals surface area contributed by atoms with Crippen LogP contribution in [0.25, 0.3) is 0 Å². The van der Waals surface area contributed by atoms with Crippen LogP contribution >= 0.6 is 0 Å². The SMILES string of the molecule is CCCOc1ccc([C@@H]2C(=O)N(C3CCCCCC3)CC(=O)N2Cc2ccc(OC)cc2)cc1OC. The Kier molecular flexibility index (Phi) is 8.73. The highest BCUT2D eigenvalue weighted by molar-refractivity contribution is 5.96. The van der Waals surface area contributed by atoms with Gasteiger partial charge in [-0.3, -0.25) is 9.59 Å². The lowest BCUT2D eigenvalue weighted by atomic mass is 9.96. The second-order valence-corrected chi connectivity index (χ2v) is 9.64. The number of benzene rings is 2.